The summed E-state index contributed by atoms with van der Waals surface area (Å²) in [5, 5.41) is 3.43. The smallest absolute Gasteiger partial charge is 0.141 e. The number of hydrogen-bond donors (Lipinski definition) is 1. The highest BCUT2D eigenvalue weighted by molar-refractivity contribution is 5.28. The summed E-state index contributed by atoms with van der Waals surface area (Å²) in [5.74, 6) is 1.39. The Morgan fingerprint density at radius 2 is 2.05 bits per heavy atom. The molecule has 0 bridgehead atoms. The van der Waals surface area contributed by atoms with Gasteiger partial charge in [-0.05, 0) is 37.6 Å². The minimum atomic E-state index is 0.0918. The van der Waals surface area contributed by atoms with Crippen LogP contribution in [0, 0.1) is 12.8 Å². The summed E-state index contributed by atoms with van der Waals surface area (Å²) in [7, 11) is 0. The maximum atomic E-state index is 6.31. The second-order valence-electron chi connectivity index (χ2n) is 5.29. The predicted molar refractivity (Wildman–Crippen MR) is 79.8 cm³/mol. The van der Waals surface area contributed by atoms with Crippen LogP contribution in [-0.2, 0) is 0 Å². The number of aryl methyl sites for hydroxylation is 1. The van der Waals surface area contributed by atoms with Crippen molar-refractivity contribution in [2.45, 2.75) is 19.4 Å². The molecule has 2 atom stereocenters. The lowest BCUT2D eigenvalue weighted by molar-refractivity contribution is 0.143. The average Bonchev–Trinajstić information content (AvgIpc) is 3.01. The van der Waals surface area contributed by atoms with E-state index in [4.69, 9.17) is 4.74 Å². The molecule has 0 radical (unpaired) electrons. The Morgan fingerprint density at radius 1 is 1.20 bits per heavy atom. The number of benzene rings is 1. The number of ether oxygens (including phenoxy) is 1. The second-order valence-corrected chi connectivity index (χ2v) is 5.29. The Hall–Kier alpha value is -1.87. The van der Waals surface area contributed by atoms with Gasteiger partial charge in [0.15, 0.2) is 0 Å². The molecule has 2 heterocycles. The van der Waals surface area contributed by atoms with Crippen molar-refractivity contribution in [3.63, 3.8) is 0 Å². The molecule has 1 aliphatic rings. The van der Waals surface area contributed by atoms with Gasteiger partial charge in [-0.1, -0.05) is 30.3 Å². The third kappa shape index (κ3) is 2.83. The maximum absolute atomic E-state index is 6.31. The van der Waals surface area contributed by atoms with Gasteiger partial charge in [0.1, 0.15) is 11.9 Å². The Balaban J connectivity index is 1.88. The quantitative estimate of drug-likeness (QED) is 0.925. The summed E-state index contributed by atoms with van der Waals surface area (Å²) >= 11 is 0. The monoisotopic (exact) mass is 268 g/mol. The first kappa shape index (κ1) is 13.1. The molecule has 0 spiro atoms. The fraction of sp³-hybridized carbons (Fsp3) is 0.353. The van der Waals surface area contributed by atoms with Crippen LogP contribution in [0.5, 0.6) is 5.75 Å². The Morgan fingerprint density at radius 3 is 2.75 bits per heavy atom. The summed E-state index contributed by atoms with van der Waals surface area (Å²) in [5.41, 5.74) is 2.18. The SMILES string of the molecule is Cc1ncccc1O[C@H](c1ccccc1)[C@@H]1CCNC1. The predicted octanol–water partition coefficient (Wildman–Crippen LogP) is 3.12. The summed E-state index contributed by atoms with van der Waals surface area (Å²) in [6.45, 7) is 4.08. The molecule has 20 heavy (non-hydrogen) atoms. The van der Waals surface area contributed by atoms with Gasteiger partial charge in [0.25, 0.3) is 0 Å². The van der Waals surface area contributed by atoms with Gasteiger partial charge in [0, 0.05) is 18.7 Å². The molecule has 1 saturated heterocycles. The summed E-state index contributed by atoms with van der Waals surface area (Å²) in [6.07, 6.45) is 3.05. The normalized spacial score (nSPS) is 19.8. The van der Waals surface area contributed by atoms with Gasteiger partial charge < -0.3 is 10.1 Å². The molecule has 3 rings (SSSR count). The van der Waals surface area contributed by atoms with Crippen molar-refractivity contribution in [2.24, 2.45) is 5.92 Å². The number of pyridine rings is 1. The van der Waals surface area contributed by atoms with E-state index in [1.54, 1.807) is 6.20 Å². The van der Waals surface area contributed by atoms with Gasteiger partial charge in [0.05, 0.1) is 5.69 Å². The average molecular weight is 268 g/mol. The fourth-order valence-electron chi connectivity index (χ4n) is 2.75. The first-order chi connectivity index (χ1) is 9.84. The Labute approximate surface area is 120 Å². The van der Waals surface area contributed by atoms with E-state index in [0.29, 0.717) is 5.92 Å². The zero-order chi connectivity index (χ0) is 13.8. The number of rotatable bonds is 4. The lowest BCUT2D eigenvalue weighted by atomic mass is 9.95. The molecule has 3 nitrogen and oxygen atoms in total. The van der Waals surface area contributed by atoms with Crippen LogP contribution < -0.4 is 10.1 Å². The molecule has 0 aliphatic carbocycles. The van der Waals surface area contributed by atoms with E-state index >= 15 is 0 Å². The van der Waals surface area contributed by atoms with E-state index in [0.717, 1.165) is 31.0 Å². The van der Waals surface area contributed by atoms with Crippen molar-refractivity contribution in [1.82, 2.24) is 10.3 Å². The minimum Gasteiger partial charge on any atom is -0.483 e. The van der Waals surface area contributed by atoms with E-state index in [1.807, 2.05) is 25.1 Å². The van der Waals surface area contributed by atoms with Crippen LogP contribution in [0.1, 0.15) is 23.8 Å². The largest absolute Gasteiger partial charge is 0.483 e. The second kappa shape index (κ2) is 6.06. The van der Waals surface area contributed by atoms with Crippen molar-refractivity contribution in [3.8, 4) is 5.75 Å². The zero-order valence-corrected chi connectivity index (χ0v) is 11.8. The highest BCUT2D eigenvalue weighted by Gasteiger charge is 2.28. The van der Waals surface area contributed by atoms with E-state index in [9.17, 15) is 0 Å². The van der Waals surface area contributed by atoms with Crippen LogP contribution in [0.15, 0.2) is 48.7 Å². The molecule has 104 valence electrons. The highest BCUT2D eigenvalue weighted by atomic mass is 16.5. The summed E-state index contributed by atoms with van der Waals surface area (Å²) < 4.78 is 6.31. The van der Waals surface area contributed by atoms with Crippen LogP contribution in [-0.4, -0.2) is 18.1 Å². The van der Waals surface area contributed by atoms with E-state index in [1.165, 1.54) is 5.56 Å². The maximum Gasteiger partial charge on any atom is 0.141 e. The Bertz CT molecular complexity index is 550. The van der Waals surface area contributed by atoms with Crippen LogP contribution in [0.2, 0.25) is 0 Å². The molecule has 0 amide bonds. The highest BCUT2D eigenvalue weighted by Crippen LogP contribution is 2.32. The first-order valence-corrected chi connectivity index (χ1v) is 7.18. The van der Waals surface area contributed by atoms with Crippen molar-refractivity contribution < 1.29 is 4.74 Å². The van der Waals surface area contributed by atoms with Gasteiger partial charge in [-0.2, -0.15) is 0 Å². The standard InChI is InChI=1S/C17H20N2O/c1-13-16(8-5-10-19-13)20-17(15-9-11-18-12-15)14-6-3-2-4-7-14/h2-8,10,15,17-18H,9,11-12H2,1H3/t15-,17-/m1/s1. The fourth-order valence-corrected chi connectivity index (χ4v) is 2.75. The third-order valence-corrected chi connectivity index (χ3v) is 3.87. The zero-order valence-electron chi connectivity index (χ0n) is 11.8. The van der Waals surface area contributed by atoms with E-state index in [2.05, 4.69) is 34.6 Å². The molecule has 1 aliphatic heterocycles. The third-order valence-electron chi connectivity index (χ3n) is 3.87. The molecule has 0 saturated carbocycles. The molecule has 1 aromatic carbocycles. The minimum absolute atomic E-state index is 0.0918. The van der Waals surface area contributed by atoms with Gasteiger partial charge in [0.2, 0.25) is 0 Å². The lowest BCUT2D eigenvalue weighted by Crippen LogP contribution is -2.21. The molecule has 2 aromatic rings. The molecular weight excluding hydrogens is 248 g/mol. The van der Waals surface area contributed by atoms with Crippen molar-refractivity contribution in [3.05, 3.63) is 59.9 Å². The van der Waals surface area contributed by atoms with Crippen LogP contribution in [0.4, 0.5) is 0 Å². The summed E-state index contributed by atoms with van der Waals surface area (Å²) in [4.78, 5) is 4.31. The number of nitrogens with zero attached hydrogens (tertiary/aromatic N) is 1. The molecule has 1 aromatic heterocycles. The number of nitrogens with one attached hydrogen (secondary N) is 1. The van der Waals surface area contributed by atoms with E-state index < -0.39 is 0 Å². The van der Waals surface area contributed by atoms with Crippen LogP contribution >= 0.6 is 0 Å². The van der Waals surface area contributed by atoms with Crippen molar-refractivity contribution in [1.29, 1.82) is 0 Å². The van der Waals surface area contributed by atoms with Crippen LogP contribution in [0.25, 0.3) is 0 Å². The topological polar surface area (TPSA) is 34.1 Å². The molecule has 0 unspecified atom stereocenters. The van der Waals surface area contributed by atoms with E-state index in [-0.39, 0.29) is 6.10 Å². The Kier molecular flexibility index (Phi) is 3.97. The number of aromatic nitrogens is 1. The first-order valence-electron chi connectivity index (χ1n) is 7.18. The van der Waals surface area contributed by atoms with Crippen molar-refractivity contribution >= 4 is 0 Å². The number of hydrogen-bond acceptors (Lipinski definition) is 3. The lowest BCUT2D eigenvalue weighted by Gasteiger charge is -2.25. The summed E-state index contributed by atoms with van der Waals surface area (Å²) in [6, 6.07) is 14.4. The molecule has 1 fully saturated rings. The van der Waals surface area contributed by atoms with Crippen molar-refractivity contribution in [2.75, 3.05) is 13.1 Å². The van der Waals surface area contributed by atoms with Gasteiger partial charge in [-0.25, -0.2) is 0 Å². The molecule has 1 N–H and O–H groups in total. The molecular formula is C17H20N2O. The van der Waals surface area contributed by atoms with Gasteiger partial charge in [-0.3, -0.25) is 4.98 Å². The molecule has 3 heteroatoms. The van der Waals surface area contributed by atoms with Crippen LogP contribution in [0.3, 0.4) is 0 Å². The van der Waals surface area contributed by atoms with Gasteiger partial charge >= 0.3 is 0 Å². The van der Waals surface area contributed by atoms with Gasteiger partial charge in [-0.15, -0.1) is 0 Å².